The van der Waals surface area contributed by atoms with Crippen LogP contribution >= 0.6 is 11.8 Å². The number of nitrogens with zero attached hydrogens (tertiary/aromatic N) is 2. The van der Waals surface area contributed by atoms with Gasteiger partial charge < -0.3 is 15.1 Å². The van der Waals surface area contributed by atoms with Crippen LogP contribution in [-0.4, -0.2) is 59.5 Å². The Morgan fingerprint density at radius 3 is 2.36 bits per heavy atom. The number of amides is 3. The van der Waals surface area contributed by atoms with Crippen LogP contribution in [0.5, 0.6) is 0 Å². The normalized spacial score (nSPS) is 16.4. The predicted octanol–water partition coefficient (Wildman–Crippen LogP) is 2.47. The highest BCUT2D eigenvalue weighted by Gasteiger charge is 2.27. The number of benzene rings is 2. The first-order chi connectivity index (χ1) is 13.5. The standard InChI is InChI=1S/C20H18FN3O3S/c21-15-4-2-1-3-14(15)20(27)24-9-7-23(8-10-24)19(26)13-5-6-17-16(11-13)22-18(25)12-28-17/h1-6,11H,7-10,12H2,(H,22,25). The van der Waals surface area contributed by atoms with Crippen LogP contribution in [0.15, 0.2) is 47.4 Å². The minimum absolute atomic E-state index is 0.0465. The Balaban J connectivity index is 1.42. The monoisotopic (exact) mass is 399 g/mol. The van der Waals surface area contributed by atoms with Crippen molar-refractivity contribution in [3.05, 3.63) is 59.4 Å². The first-order valence-electron chi connectivity index (χ1n) is 8.93. The summed E-state index contributed by atoms with van der Waals surface area (Å²) < 4.78 is 13.8. The number of fused-ring (bicyclic) bond motifs is 1. The molecule has 2 heterocycles. The molecule has 2 aromatic carbocycles. The van der Waals surface area contributed by atoms with E-state index in [0.717, 1.165) is 4.90 Å². The van der Waals surface area contributed by atoms with Gasteiger partial charge in [-0.05, 0) is 30.3 Å². The first kappa shape index (κ1) is 18.5. The van der Waals surface area contributed by atoms with E-state index in [1.165, 1.54) is 23.9 Å². The number of nitrogens with one attached hydrogen (secondary N) is 1. The summed E-state index contributed by atoms with van der Waals surface area (Å²) in [6, 6.07) is 11.2. The van der Waals surface area contributed by atoms with Crippen molar-refractivity contribution in [1.29, 1.82) is 0 Å². The van der Waals surface area contributed by atoms with E-state index in [4.69, 9.17) is 0 Å². The van der Waals surface area contributed by atoms with E-state index in [9.17, 15) is 18.8 Å². The lowest BCUT2D eigenvalue weighted by Gasteiger charge is -2.35. The molecule has 0 bridgehead atoms. The number of piperazine rings is 1. The van der Waals surface area contributed by atoms with Crippen LogP contribution in [0.25, 0.3) is 0 Å². The molecule has 0 saturated carbocycles. The molecule has 28 heavy (non-hydrogen) atoms. The smallest absolute Gasteiger partial charge is 0.256 e. The molecule has 0 aromatic heterocycles. The molecule has 0 atom stereocenters. The van der Waals surface area contributed by atoms with Crippen LogP contribution in [-0.2, 0) is 4.79 Å². The Morgan fingerprint density at radius 1 is 0.964 bits per heavy atom. The van der Waals surface area contributed by atoms with Gasteiger partial charge in [-0.25, -0.2) is 4.39 Å². The molecular weight excluding hydrogens is 381 g/mol. The van der Waals surface area contributed by atoms with Crippen molar-refractivity contribution in [1.82, 2.24) is 9.80 Å². The van der Waals surface area contributed by atoms with Crippen LogP contribution < -0.4 is 5.32 Å². The van der Waals surface area contributed by atoms with E-state index in [-0.39, 0.29) is 23.3 Å². The number of hydrogen-bond acceptors (Lipinski definition) is 4. The number of hydrogen-bond donors (Lipinski definition) is 1. The summed E-state index contributed by atoms with van der Waals surface area (Å²) in [7, 11) is 0. The fourth-order valence-corrected chi connectivity index (χ4v) is 4.10. The number of rotatable bonds is 2. The number of anilines is 1. The minimum Gasteiger partial charge on any atom is -0.335 e. The van der Waals surface area contributed by atoms with Crippen molar-refractivity contribution >= 4 is 35.2 Å². The molecule has 2 aliphatic heterocycles. The van der Waals surface area contributed by atoms with Gasteiger partial charge in [0.25, 0.3) is 11.8 Å². The van der Waals surface area contributed by atoms with Crippen molar-refractivity contribution in [3.8, 4) is 0 Å². The van der Waals surface area contributed by atoms with E-state index in [0.29, 0.717) is 43.2 Å². The van der Waals surface area contributed by atoms with Gasteiger partial charge in [0.15, 0.2) is 0 Å². The second-order valence-corrected chi connectivity index (χ2v) is 7.63. The lowest BCUT2D eigenvalue weighted by atomic mass is 10.1. The molecule has 0 aliphatic carbocycles. The molecule has 144 valence electrons. The maximum Gasteiger partial charge on any atom is 0.256 e. The molecule has 6 nitrogen and oxygen atoms in total. The van der Waals surface area contributed by atoms with Crippen LogP contribution in [0.1, 0.15) is 20.7 Å². The van der Waals surface area contributed by atoms with Gasteiger partial charge in [-0.15, -0.1) is 11.8 Å². The zero-order valence-corrected chi connectivity index (χ0v) is 15.8. The molecule has 8 heteroatoms. The second-order valence-electron chi connectivity index (χ2n) is 6.61. The highest BCUT2D eigenvalue weighted by atomic mass is 32.2. The average Bonchev–Trinajstić information content (AvgIpc) is 2.72. The van der Waals surface area contributed by atoms with Gasteiger partial charge in [-0.2, -0.15) is 0 Å². The third-order valence-electron chi connectivity index (χ3n) is 4.82. The average molecular weight is 399 g/mol. The van der Waals surface area contributed by atoms with Gasteiger partial charge in [0.1, 0.15) is 5.82 Å². The SMILES string of the molecule is O=C1CSc2ccc(C(=O)N3CCN(C(=O)c4ccccc4F)CC3)cc2N1. The Kier molecular flexibility index (Phi) is 5.04. The van der Waals surface area contributed by atoms with Crippen molar-refractivity contribution in [2.24, 2.45) is 0 Å². The van der Waals surface area contributed by atoms with Gasteiger partial charge in [-0.1, -0.05) is 12.1 Å². The van der Waals surface area contributed by atoms with Crippen LogP contribution in [0.3, 0.4) is 0 Å². The van der Waals surface area contributed by atoms with Gasteiger partial charge in [0.2, 0.25) is 5.91 Å². The number of carbonyl (C=O) groups excluding carboxylic acids is 3. The molecule has 3 amide bonds. The quantitative estimate of drug-likeness (QED) is 0.842. The van der Waals surface area contributed by atoms with E-state index in [1.54, 1.807) is 34.1 Å². The van der Waals surface area contributed by atoms with Crippen LogP contribution in [0, 0.1) is 5.82 Å². The Labute approximate surface area is 165 Å². The molecule has 0 unspecified atom stereocenters. The fraction of sp³-hybridized carbons (Fsp3) is 0.250. The number of carbonyl (C=O) groups is 3. The van der Waals surface area contributed by atoms with Crippen molar-refractivity contribution in [3.63, 3.8) is 0 Å². The van der Waals surface area contributed by atoms with E-state index < -0.39 is 5.82 Å². The molecular formula is C20H18FN3O3S. The predicted molar refractivity (Wildman–Crippen MR) is 104 cm³/mol. The largest absolute Gasteiger partial charge is 0.335 e. The molecule has 0 spiro atoms. The lowest BCUT2D eigenvalue weighted by Crippen LogP contribution is -2.50. The summed E-state index contributed by atoms with van der Waals surface area (Å²) in [5.74, 6) is -0.759. The van der Waals surface area contributed by atoms with Gasteiger partial charge in [-0.3, -0.25) is 14.4 Å². The maximum atomic E-state index is 13.8. The molecule has 1 N–H and O–H groups in total. The van der Waals surface area contributed by atoms with E-state index >= 15 is 0 Å². The third kappa shape index (κ3) is 3.60. The summed E-state index contributed by atoms with van der Waals surface area (Å²) >= 11 is 1.44. The van der Waals surface area contributed by atoms with Crippen molar-refractivity contribution < 1.29 is 18.8 Å². The summed E-state index contributed by atoms with van der Waals surface area (Å²) in [6.45, 7) is 1.43. The Bertz CT molecular complexity index is 957. The summed E-state index contributed by atoms with van der Waals surface area (Å²) in [5.41, 5.74) is 1.20. The summed E-state index contributed by atoms with van der Waals surface area (Å²) in [6.07, 6.45) is 0. The number of thioether (sulfide) groups is 1. The lowest BCUT2D eigenvalue weighted by molar-refractivity contribution is -0.113. The molecule has 1 saturated heterocycles. The molecule has 1 fully saturated rings. The molecule has 2 aliphatic rings. The maximum absolute atomic E-state index is 13.8. The minimum atomic E-state index is -0.542. The first-order valence-corrected chi connectivity index (χ1v) is 9.91. The summed E-state index contributed by atoms with van der Waals surface area (Å²) in [5, 5.41) is 2.78. The Morgan fingerprint density at radius 2 is 1.64 bits per heavy atom. The number of halogens is 1. The summed E-state index contributed by atoms with van der Waals surface area (Å²) in [4.78, 5) is 41.0. The van der Waals surface area contributed by atoms with Crippen molar-refractivity contribution in [2.75, 3.05) is 37.2 Å². The zero-order chi connectivity index (χ0) is 19.7. The molecule has 2 aromatic rings. The van der Waals surface area contributed by atoms with Gasteiger partial charge in [0.05, 0.1) is 17.0 Å². The molecule has 4 rings (SSSR count). The van der Waals surface area contributed by atoms with Crippen LogP contribution in [0.4, 0.5) is 10.1 Å². The fourth-order valence-electron chi connectivity index (χ4n) is 3.32. The highest BCUT2D eigenvalue weighted by molar-refractivity contribution is 8.00. The van der Waals surface area contributed by atoms with Crippen molar-refractivity contribution in [2.45, 2.75) is 4.90 Å². The Hall–Kier alpha value is -2.87. The topological polar surface area (TPSA) is 69.7 Å². The highest BCUT2D eigenvalue weighted by Crippen LogP contribution is 2.32. The van der Waals surface area contributed by atoms with Gasteiger partial charge in [0, 0.05) is 36.6 Å². The zero-order valence-electron chi connectivity index (χ0n) is 15.0. The third-order valence-corrected chi connectivity index (χ3v) is 5.89. The van der Waals surface area contributed by atoms with E-state index in [2.05, 4.69) is 5.32 Å². The van der Waals surface area contributed by atoms with E-state index in [1.807, 2.05) is 6.07 Å². The molecule has 0 radical (unpaired) electrons. The second kappa shape index (κ2) is 7.63. The van der Waals surface area contributed by atoms with Gasteiger partial charge >= 0.3 is 0 Å². The van der Waals surface area contributed by atoms with Crippen LogP contribution in [0.2, 0.25) is 0 Å².